The number of aromatic nitrogens is 1. The standard InChI is InChI=1S/C18H24N2O6/c1-19-5-15-16(14(9-24)17(20-15)18(25)26-2)11-4-3-10(6-21)12(7-22)13(11)8-23/h3-4,19-24H,5-9H2,1-2H3. The first-order chi connectivity index (χ1) is 12.6. The van der Waals surface area contributed by atoms with Gasteiger partial charge in [0.2, 0.25) is 0 Å². The highest BCUT2D eigenvalue weighted by molar-refractivity contribution is 5.93. The van der Waals surface area contributed by atoms with Gasteiger partial charge in [-0.15, -0.1) is 0 Å². The first kappa shape index (κ1) is 20.1. The minimum absolute atomic E-state index is 0.135. The Hall–Kier alpha value is -2.23. The van der Waals surface area contributed by atoms with Crippen LogP contribution in [-0.4, -0.2) is 45.5 Å². The van der Waals surface area contributed by atoms with E-state index in [1.54, 1.807) is 19.2 Å². The van der Waals surface area contributed by atoms with Crippen LogP contribution in [0.15, 0.2) is 12.1 Å². The molecule has 142 valence electrons. The number of rotatable bonds is 8. The Morgan fingerprint density at radius 1 is 1.04 bits per heavy atom. The van der Waals surface area contributed by atoms with Gasteiger partial charge in [-0.05, 0) is 29.3 Å². The molecule has 8 nitrogen and oxygen atoms in total. The maximum Gasteiger partial charge on any atom is 0.354 e. The lowest BCUT2D eigenvalue weighted by Gasteiger charge is -2.17. The molecule has 0 aliphatic carbocycles. The highest BCUT2D eigenvalue weighted by atomic mass is 16.5. The van der Waals surface area contributed by atoms with Gasteiger partial charge in [0.15, 0.2) is 0 Å². The fourth-order valence-corrected chi connectivity index (χ4v) is 3.17. The summed E-state index contributed by atoms with van der Waals surface area (Å²) in [6.45, 7) is -1.05. The molecule has 8 heteroatoms. The number of hydrogen-bond donors (Lipinski definition) is 6. The summed E-state index contributed by atoms with van der Waals surface area (Å²) in [5.41, 5.74) is 3.60. The number of hydrogen-bond acceptors (Lipinski definition) is 7. The SMILES string of the molecule is CNCc1[nH]c(C(=O)OC)c(CO)c1-c1ccc(CO)c(CO)c1CO. The average molecular weight is 364 g/mol. The van der Waals surface area contributed by atoms with Gasteiger partial charge < -0.3 is 35.5 Å². The van der Waals surface area contributed by atoms with Crippen molar-refractivity contribution in [2.45, 2.75) is 33.0 Å². The van der Waals surface area contributed by atoms with Crippen LogP contribution < -0.4 is 5.32 Å². The van der Waals surface area contributed by atoms with Crippen LogP contribution in [0, 0.1) is 0 Å². The highest BCUT2D eigenvalue weighted by Crippen LogP contribution is 2.36. The fourth-order valence-electron chi connectivity index (χ4n) is 3.17. The number of H-pyrrole nitrogens is 1. The maximum atomic E-state index is 12.1. The van der Waals surface area contributed by atoms with Crippen LogP contribution in [0.5, 0.6) is 0 Å². The lowest BCUT2D eigenvalue weighted by Crippen LogP contribution is -2.08. The fraction of sp³-hybridized carbons (Fsp3) is 0.389. The monoisotopic (exact) mass is 364 g/mol. The van der Waals surface area contributed by atoms with Gasteiger partial charge >= 0.3 is 5.97 Å². The summed E-state index contributed by atoms with van der Waals surface area (Å²) in [5.74, 6) is -0.613. The minimum Gasteiger partial charge on any atom is -0.464 e. The Morgan fingerprint density at radius 2 is 1.69 bits per heavy atom. The number of esters is 1. The molecule has 1 aromatic carbocycles. The van der Waals surface area contributed by atoms with Crippen molar-refractivity contribution in [2.75, 3.05) is 14.2 Å². The van der Waals surface area contributed by atoms with E-state index in [9.17, 15) is 25.2 Å². The summed E-state index contributed by atoms with van der Waals surface area (Å²) in [7, 11) is 2.99. The first-order valence-corrected chi connectivity index (χ1v) is 8.11. The van der Waals surface area contributed by atoms with Gasteiger partial charge in [0, 0.05) is 23.4 Å². The second-order valence-electron chi connectivity index (χ2n) is 5.72. The predicted molar refractivity (Wildman–Crippen MR) is 94.0 cm³/mol. The van der Waals surface area contributed by atoms with E-state index in [4.69, 9.17) is 4.74 Å². The maximum absolute atomic E-state index is 12.1. The van der Waals surface area contributed by atoms with E-state index < -0.39 is 12.6 Å². The molecule has 0 amide bonds. The molecule has 1 aromatic heterocycles. The van der Waals surface area contributed by atoms with Gasteiger partial charge in [0.05, 0.1) is 33.5 Å². The molecule has 6 N–H and O–H groups in total. The molecule has 2 rings (SSSR count). The summed E-state index contributed by atoms with van der Waals surface area (Å²) in [6.07, 6.45) is 0. The van der Waals surface area contributed by atoms with Crippen LogP contribution in [0.1, 0.15) is 38.4 Å². The molecule has 0 saturated heterocycles. The van der Waals surface area contributed by atoms with Gasteiger partial charge in [-0.25, -0.2) is 4.79 Å². The molecule has 0 radical (unpaired) electrons. The smallest absolute Gasteiger partial charge is 0.354 e. The van der Waals surface area contributed by atoms with Crippen LogP contribution in [0.3, 0.4) is 0 Å². The van der Waals surface area contributed by atoms with Gasteiger partial charge in [-0.2, -0.15) is 0 Å². The quantitative estimate of drug-likeness (QED) is 0.367. The van der Waals surface area contributed by atoms with Crippen molar-refractivity contribution in [3.05, 3.63) is 45.8 Å². The van der Waals surface area contributed by atoms with Gasteiger partial charge in [0.25, 0.3) is 0 Å². The van der Waals surface area contributed by atoms with Crippen molar-refractivity contribution >= 4 is 5.97 Å². The number of methoxy groups -OCH3 is 1. The van der Waals surface area contributed by atoms with Crippen molar-refractivity contribution in [1.82, 2.24) is 10.3 Å². The van der Waals surface area contributed by atoms with E-state index >= 15 is 0 Å². The van der Waals surface area contributed by atoms with Crippen molar-refractivity contribution in [3.63, 3.8) is 0 Å². The summed E-state index contributed by atoms with van der Waals surface area (Å²) < 4.78 is 4.77. The molecular formula is C18H24N2O6. The molecule has 2 aromatic rings. The largest absolute Gasteiger partial charge is 0.464 e. The molecule has 1 heterocycles. The molecule has 0 saturated carbocycles. The Kier molecular flexibility index (Phi) is 6.90. The van der Waals surface area contributed by atoms with E-state index in [0.29, 0.717) is 45.6 Å². The topological polar surface area (TPSA) is 135 Å². The summed E-state index contributed by atoms with van der Waals surface area (Å²) >= 11 is 0. The number of aliphatic hydroxyl groups excluding tert-OH is 4. The van der Waals surface area contributed by atoms with E-state index in [1.807, 2.05) is 0 Å². The van der Waals surface area contributed by atoms with Crippen LogP contribution in [-0.2, 0) is 37.7 Å². The zero-order valence-electron chi connectivity index (χ0n) is 14.8. The molecule has 0 aliphatic heterocycles. The van der Waals surface area contributed by atoms with Gasteiger partial charge in [0.1, 0.15) is 5.69 Å². The number of nitrogens with one attached hydrogen (secondary N) is 2. The number of aliphatic hydroxyl groups is 4. The Morgan fingerprint density at radius 3 is 2.19 bits per heavy atom. The van der Waals surface area contributed by atoms with Crippen molar-refractivity contribution in [1.29, 1.82) is 0 Å². The summed E-state index contributed by atoms with van der Waals surface area (Å²) in [6, 6.07) is 3.34. The first-order valence-electron chi connectivity index (χ1n) is 8.11. The minimum atomic E-state index is -0.613. The lowest BCUT2D eigenvalue weighted by molar-refractivity contribution is 0.0591. The Labute approximate surface area is 151 Å². The molecule has 0 unspecified atom stereocenters. The molecular weight excluding hydrogens is 340 g/mol. The van der Waals surface area contributed by atoms with Crippen molar-refractivity contribution in [3.8, 4) is 11.1 Å². The van der Waals surface area contributed by atoms with Crippen LogP contribution >= 0.6 is 0 Å². The molecule has 0 fully saturated rings. The Balaban J connectivity index is 2.82. The molecule has 0 bridgehead atoms. The number of benzene rings is 1. The average Bonchev–Trinajstić information content (AvgIpc) is 3.04. The summed E-state index contributed by atoms with van der Waals surface area (Å²) in [5, 5.41) is 41.9. The molecule has 26 heavy (non-hydrogen) atoms. The zero-order chi connectivity index (χ0) is 19.3. The second kappa shape index (κ2) is 8.93. The summed E-state index contributed by atoms with van der Waals surface area (Å²) in [4.78, 5) is 15.0. The van der Waals surface area contributed by atoms with E-state index in [1.165, 1.54) is 7.11 Å². The third kappa shape index (κ3) is 3.50. The number of ether oxygens (including phenoxy) is 1. The van der Waals surface area contributed by atoms with E-state index in [2.05, 4.69) is 10.3 Å². The number of aromatic amines is 1. The lowest BCUT2D eigenvalue weighted by atomic mass is 9.90. The number of carbonyl (C=O) groups is 1. The third-order valence-electron chi connectivity index (χ3n) is 4.37. The predicted octanol–water partition coefficient (Wildman–Crippen LogP) is 0.157. The van der Waals surface area contributed by atoms with Crippen LogP contribution in [0.4, 0.5) is 0 Å². The molecule has 0 aliphatic rings. The zero-order valence-corrected chi connectivity index (χ0v) is 14.8. The second-order valence-corrected chi connectivity index (χ2v) is 5.72. The van der Waals surface area contributed by atoms with Crippen LogP contribution in [0.25, 0.3) is 11.1 Å². The van der Waals surface area contributed by atoms with Crippen molar-refractivity contribution in [2.24, 2.45) is 0 Å². The van der Waals surface area contributed by atoms with Crippen molar-refractivity contribution < 1.29 is 30.0 Å². The highest BCUT2D eigenvalue weighted by Gasteiger charge is 2.25. The van der Waals surface area contributed by atoms with Gasteiger partial charge in [-0.3, -0.25) is 0 Å². The number of carbonyl (C=O) groups excluding carboxylic acids is 1. The molecule has 0 spiro atoms. The third-order valence-corrected chi connectivity index (χ3v) is 4.37. The van der Waals surface area contributed by atoms with Crippen LogP contribution in [0.2, 0.25) is 0 Å². The Bertz CT molecular complexity index is 784. The molecule has 0 atom stereocenters. The normalized spacial score (nSPS) is 11.0. The van der Waals surface area contributed by atoms with E-state index in [0.717, 1.165) is 0 Å². The van der Waals surface area contributed by atoms with E-state index in [-0.39, 0.29) is 25.5 Å². The van der Waals surface area contributed by atoms with Gasteiger partial charge in [-0.1, -0.05) is 12.1 Å².